The van der Waals surface area contributed by atoms with Crippen molar-refractivity contribution < 1.29 is 0 Å². The molecular formula is C56H70N2. The molecule has 58 heavy (non-hydrogen) atoms. The van der Waals surface area contributed by atoms with Gasteiger partial charge in [-0.25, -0.2) is 0 Å². The first-order chi connectivity index (χ1) is 28.4. The maximum atomic E-state index is 6.73. The van der Waals surface area contributed by atoms with Gasteiger partial charge < -0.3 is 11.5 Å². The van der Waals surface area contributed by atoms with Gasteiger partial charge in [0.15, 0.2) is 0 Å². The van der Waals surface area contributed by atoms with E-state index in [1.165, 1.54) is 97.6 Å². The summed E-state index contributed by atoms with van der Waals surface area (Å²) in [5.74, 6) is 0.957. The highest BCUT2D eigenvalue weighted by Crippen LogP contribution is 2.67. The van der Waals surface area contributed by atoms with E-state index in [4.69, 9.17) is 24.6 Å². The summed E-state index contributed by atoms with van der Waals surface area (Å²) in [6.45, 7) is 14.0. The molecule has 6 atom stereocenters. The molecule has 0 amide bonds. The van der Waals surface area contributed by atoms with Crippen LogP contribution in [0.2, 0.25) is 0 Å². The second-order valence-electron chi connectivity index (χ2n) is 18.0. The molecular weight excluding hydrogens is 701 g/mol. The van der Waals surface area contributed by atoms with Crippen molar-refractivity contribution in [3.05, 3.63) is 168 Å². The van der Waals surface area contributed by atoms with Crippen molar-refractivity contribution in [2.45, 2.75) is 129 Å². The van der Waals surface area contributed by atoms with Gasteiger partial charge in [-0.1, -0.05) is 198 Å². The first-order valence-electron chi connectivity index (χ1n) is 22.9. The Labute approximate surface area is 351 Å². The zero-order chi connectivity index (χ0) is 40.5. The van der Waals surface area contributed by atoms with Crippen molar-refractivity contribution in [2.24, 2.45) is 34.1 Å². The topological polar surface area (TPSA) is 52.0 Å². The number of fused-ring (bicyclic) bond motifs is 2. The van der Waals surface area contributed by atoms with Crippen molar-refractivity contribution in [2.75, 3.05) is 0 Å². The van der Waals surface area contributed by atoms with Gasteiger partial charge in [-0.05, 0) is 121 Å². The molecule has 4 N–H and O–H groups in total. The fourth-order valence-electron chi connectivity index (χ4n) is 11.9. The average molecular weight is 771 g/mol. The molecule has 2 heteroatoms. The third-order valence-corrected chi connectivity index (χ3v) is 14.7. The highest BCUT2D eigenvalue weighted by atomic mass is 14.8. The van der Waals surface area contributed by atoms with Crippen molar-refractivity contribution in [1.29, 1.82) is 0 Å². The molecule has 4 aliphatic rings. The SMILES string of the molecule is C=C(c1ccccc1)[C@@]12CC[C@@H](N)C1CC(CCCCCC)=C2c1ccccc1.C=C(c1ccccc1)[C@@]12CC[C@H](N)C1CC(CCCCCC)=C2c1ccccc1. The highest BCUT2D eigenvalue weighted by Gasteiger charge is 2.57. The van der Waals surface area contributed by atoms with Crippen molar-refractivity contribution in [1.82, 2.24) is 0 Å². The molecule has 0 aliphatic heterocycles. The summed E-state index contributed by atoms with van der Waals surface area (Å²) in [5.41, 5.74) is 27.7. The molecule has 0 heterocycles. The molecule has 4 aromatic rings. The Kier molecular flexibility index (Phi) is 13.9. The van der Waals surface area contributed by atoms with E-state index in [1.54, 1.807) is 22.3 Å². The van der Waals surface area contributed by atoms with Crippen LogP contribution in [0.3, 0.4) is 0 Å². The van der Waals surface area contributed by atoms with Crippen LogP contribution in [0.1, 0.15) is 139 Å². The first-order valence-corrected chi connectivity index (χ1v) is 22.9. The van der Waals surface area contributed by atoms with Gasteiger partial charge in [0.25, 0.3) is 0 Å². The minimum Gasteiger partial charge on any atom is -0.327 e. The minimum atomic E-state index is -0.0117. The number of nitrogens with two attached hydrogens (primary N) is 2. The first kappa shape index (κ1) is 41.9. The van der Waals surface area contributed by atoms with Crippen molar-refractivity contribution in [3.8, 4) is 0 Å². The lowest BCUT2D eigenvalue weighted by atomic mass is 9.66. The summed E-state index contributed by atoms with van der Waals surface area (Å²) in [6.07, 6.45) is 19.6. The summed E-state index contributed by atoms with van der Waals surface area (Å²) in [7, 11) is 0. The maximum absolute atomic E-state index is 6.73. The normalized spacial score (nSPS) is 26.0. The van der Waals surface area contributed by atoms with E-state index >= 15 is 0 Å². The Balaban J connectivity index is 0.000000177. The Hall–Kier alpha value is -4.24. The highest BCUT2D eigenvalue weighted by molar-refractivity contribution is 5.91. The predicted molar refractivity (Wildman–Crippen MR) is 251 cm³/mol. The second kappa shape index (κ2) is 19.2. The van der Waals surface area contributed by atoms with Crippen molar-refractivity contribution in [3.63, 3.8) is 0 Å². The molecule has 2 unspecified atom stereocenters. The summed E-state index contributed by atoms with van der Waals surface area (Å²) in [6, 6.07) is 44.3. The van der Waals surface area contributed by atoms with Gasteiger partial charge >= 0.3 is 0 Å². The number of rotatable bonds is 16. The molecule has 8 rings (SSSR count). The monoisotopic (exact) mass is 771 g/mol. The molecule has 2 fully saturated rings. The standard InChI is InChI=1S/2C28H35N/c2*1-3-4-5-8-17-24-20-25-26(29)18-19-28(25,21(2)22-13-9-6-10-14-22)27(24)23-15-11-7-12-16-23/h2*6-7,9-16,25-26H,2-5,8,17-20,29H2,1H3/t25?,26-,28+;25?,26-,28-/m10/s1. The summed E-state index contributed by atoms with van der Waals surface area (Å²) in [5, 5.41) is 0. The van der Waals surface area contributed by atoms with Crippen LogP contribution in [-0.2, 0) is 0 Å². The predicted octanol–water partition coefficient (Wildman–Crippen LogP) is 14.5. The minimum absolute atomic E-state index is 0.0117. The fraction of sp³-hybridized carbons (Fsp3) is 0.429. The lowest BCUT2D eigenvalue weighted by molar-refractivity contribution is 0.376. The summed E-state index contributed by atoms with van der Waals surface area (Å²) in [4.78, 5) is 0. The number of unbranched alkanes of at least 4 members (excludes halogenated alkanes) is 6. The van der Waals surface area contributed by atoms with E-state index in [-0.39, 0.29) is 22.9 Å². The van der Waals surface area contributed by atoms with Crippen LogP contribution in [0.15, 0.2) is 146 Å². The Morgan fingerprint density at radius 1 is 0.500 bits per heavy atom. The van der Waals surface area contributed by atoms with Crippen LogP contribution in [0.5, 0.6) is 0 Å². The lowest BCUT2D eigenvalue weighted by Gasteiger charge is -2.37. The zero-order valence-electron chi connectivity index (χ0n) is 35.7. The quantitative estimate of drug-likeness (QED) is 0.112. The average Bonchev–Trinajstić information content (AvgIpc) is 3.99. The number of hydrogen-bond acceptors (Lipinski definition) is 2. The van der Waals surface area contributed by atoms with Crippen LogP contribution in [0, 0.1) is 22.7 Å². The summed E-state index contributed by atoms with van der Waals surface area (Å²) < 4.78 is 0. The van der Waals surface area contributed by atoms with E-state index in [0.29, 0.717) is 11.8 Å². The van der Waals surface area contributed by atoms with Gasteiger partial charge in [0, 0.05) is 22.9 Å². The molecule has 2 saturated carbocycles. The van der Waals surface area contributed by atoms with E-state index in [0.717, 1.165) is 38.5 Å². The maximum Gasteiger partial charge on any atom is 0.0255 e. The largest absolute Gasteiger partial charge is 0.327 e. The van der Waals surface area contributed by atoms with Crippen LogP contribution in [0.4, 0.5) is 0 Å². The van der Waals surface area contributed by atoms with Crippen molar-refractivity contribution >= 4 is 22.3 Å². The van der Waals surface area contributed by atoms with E-state index < -0.39 is 0 Å². The Morgan fingerprint density at radius 2 is 0.845 bits per heavy atom. The van der Waals surface area contributed by atoms with Crippen LogP contribution in [-0.4, -0.2) is 12.1 Å². The lowest BCUT2D eigenvalue weighted by Crippen LogP contribution is -2.33. The van der Waals surface area contributed by atoms with Gasteiger partial charge in [-0.15, -0.1) is 0 Å². The Morgan fingerprint density at radius 3 is 1.19 bits per heavy atom. The summed E-state index contributed by atoms with van der Waals surface area (Å²) >= 11 is 0. The number of benzene rings is 4. The smallest absolute Gasteiger partial charge is 0.0255 e. The molecule has 0 radical (unpaired) electrons. The van der Waals surface area contributed by atoms with Crippen LogP contribution >= 0.6 is 0 Å². The number of allylic oxidation sites excluding steroid dienone is 6. The zero-order valence-corrected chi connectivity index (χ0v) is 35.7. The third kappa shape index (κ3) is 8.17. The number of hydrogen-bond donors (Lipinski definition) is 2. The third-order valence-electron chi connectivity index (χ3n) is 14.7. The van der Waals surface area contributed by atoms with Gasteiger partial charge in [0.1, 0.15) is 0 Å². The van der Waals surface area contributed by atoms with Crippen LogP contribution < -0.4 is 11.5 Å². The van der Waals surface area contributed by atoms with Gasteiger partial charge in [0.05, 0.1) is 0 Å². The van der Waals surface area contributed by atoms with E-state index in [2.05, 4.69) is 135 Å². The van der Waals surface area contributed by atoms with Crippen LogP contribution in [0.25, 0.3) is 22.3 Å². The molecule has 2 nitrogen and oxygen atoms in total. The molecule has 0 spiro atoms. The fourth-order valence-corrected chi connectivity index (χ4v) is 11.9. The molecule has 4 aliphatic carbocycles. The Bertz CT molecular complexity index is 1880. The molecule has 4 aromatic carbocycles. The molecule has 0 bridgehead atoms. The van der Waals surface area contributed by atoms with Gasteiger partial charge in [-0.3, -0.25) is 0 Å². The van der Waals surface area contributed by atoms with Gasteiger partial charge in [0.2, 0.25) is 0 Å². The molecule has 0 saturated heterocycles. The molecule has 0 aromatic heterocycles. The van der Waals surface area contributed by atoms with E-state index in [9.17, 15) is 0 Å². The van der Waals surface area contributed by atoms with E-state index in [1.807, 2.05) is 0 Å². The molecule has 304 valence electrons. The van der Waals surface area contributed by atoms with Gasteiger partial charge in [-0.2, -0.15) is 0 Å². The second-order valence-corrected chi connectivity index (χ2v) is 18.0.